The molecule has 0 bridgehead atoms. The van der Waals surface area contributed by atoms with Gasteiger partial charge < -0.3 is 9.47 Å². The summed E-state index contributed by atoms with van der Waals surface area (Å²) in [6.45, 7) is 7.52. The van der Waals surface area contributed by atoms with Crippen molar-refractivity contribution in [3.05, 3.63) is 85.2 Å². The highest BCUT2D eigenvalue weighted by atomic mass is 35.5. The van der Waals surface area contributed by atoms with E-state index in [0.29, 0.717) is 10.7 Å². The Morgan fingerprint density at radius 3 is 2.40 bits per heavy atom. The number of nitrogens with one attached hydrogen (secondary N) is 1. The zero-order valence-corrected chi connectivity index (χ0v) is 21.1. The van der Waals surface area contributed by atoms with Crippen molar-refractivity contribution in [3.63, 3.8) is 0 Å². The minimum atomic E-state index is -0.723. The van der Waals surface area contributed by atoms with Gasteiger partial charge in [0.15, 0.2) is 0 Å². The van der Waals surface area contributed by atoms with E-state index in [0.717, 1.165) is 21.4 Å². The maximum Gasteiger partial charge on any atom is 0.335 e. The molecule has 0 amide bonds. The Bertz CT molecular complexity index is 1390. The van der Waals surface area contributed by atoms with E-state index in [2.05, 4.69) is 9.98 Å². The van der Waals surface area contributed by atoms with Gasteiger partial charge in [0.1, 0.15) is 5.75 Å². The van der Waals surface area contributed by atoms with E-state index in [9.17, 15) is 14.4 Å². The lowest BCUT2D eigenvalue weighted by Crippen LogP contribution is -2.51. The molecular weight excluding hydrogens is 472 g/mol. The topological polar surface area (TPSA) is 108 Å². The van der Waals surface area contributed by atoms with Gasteiger partial charge in [-0.25, -0.2) is 19.1 Å². The fourth-order valence-electron chi connectivity index (χ4n) is 3.55. The van der Waals surface area contributed by atoms with E-state index in [1.165, 1.54) is 11.7 Å². The van der Waals surface area contributed by atoms with Crippen LogP contribution in [0.15, 0.2) is 57.0 Å². The van der Waals surface area contributed by atoms with Gasteiger partial charge in [-0.2, -0.15) is 0 Å². The quantitative estimate of drug-likeness (QED) is 0.476. The van der Waals surface area contributed by atoms with Gasteiger partial charge in [-0.15, -0.1) is 0 Å². The summed E-state index contributed by atoms with van der Waals surface area (Å²) in [6, 6.07) is 11.6. The number of methoxy groups -OCH3 is 1. The predicted octanol–water partition coefficient (Wildman–Crippen LogP) is 3.49. The zero-order chi connectivity index (χ0) is 25.7. The number of carbonyl (C=O) groups is 1. The maximum atomic E-state index is 13.5. The van der Waals surface area contributed by atoms with E-state index >= 15 is 0 Å². The van der Waals surface area contributed by atoms with Crippen LogP contribution in [0.2, 0.25) is 5.02 Å². The zero-order valence-electron chi connectivity index (χ0n) is 20.4. The number of nitrogens with zero attached hydrogens (tertiary/aromatic N) is 3. The van der Waals surface area contributed by atoms with Crippen molar-refractivity contribution in [3.8, 4) is 5.75 Å². The average Bonchev–Trinajstić information content (AvgIpc) is 2.79. The highest BCUT2D eigenvalue weighted by Gasteiger charge is 2.18. The van der Waals surface area contributed by atoms with E-state index in [-0.39, 0.29) is 24.7 Å². The van der Waals surface area contributed by atoms with Gasteiger partial charge in [0.25, 0.3) is 0 Å². The number of carbonyl (C=O) groups excluding carboxylic acids is 1. The van der Waals surface area contributed by atoms with Crippen LogP contribution in [0, 0.1) is 6.92 Å². The Balaban J connectivity index is 2.17. The molecule has 3 aromatic rings. The summed E-state index contributed by atoms with van der Waals surface area (Å²) in [6.07, 6.45) is -0.109. The van der Waals surface area contributed by atoms with E-state index in [1.807, 2.05) is 26.8 Å². The van der Waals surface area contributed by atoms with Gasteiger partial charge in [-0.1, -0.05) is 23.7 Å². The Morgan fingerprint density at radius 1 is 1.11 bits per heavy atom. The number of hydrogen-bond donors (Lipinski definition) is 1. The number of rotatable bonds is 8. The number of H-pyrrole nitrogens is 1. The third kappa shape index (κ3) is 6.51. The Labute approximate surface area is 207 Å². The van der Waals surface area contributed by atoms with E-state index in [4.69, 9.17) is 21.1 Å². The molecule has 1 aromatic heterocycles. The number of halogens is 1. The summed E-state index contributed by atoms with van der Waals surface area (Å²) in [5.74, 6) is 0.203. The molecule has 1 atom stereocenters. The molecule has 0 spiro atoms. The first kappa shape index (κ1) is 26.0. The minimum absolute atomic E-state index is 0.0222. The largest absolute Gasteiger partial charge is 0.491 e. The summed E-state index contributed by atoms with van der Waals surface area (Å²) < 4.78 is 12.8. The third-order valence-electron chi connectivity index (χ3n) is 5.27. The van der Waals surface area contributed by atoms with Gasteiger partial charge in [-0.05, 0) is 69.2 Å². The first-order chi connectivity index (χ1) is 16.6. The monoisotopic (exact) mass is 500 g/mol. The summed E-state index contributed by atoms with van der Waals surface area (Å²) in [5.41, 5.74) is 0.993. The van der Waals surface area contributed by atoms with Crippen molar-refractivity contribution in [2.45, 2.75) is 52.8 Å². The number of aryl methyl sites for hydroxylation is 1. The summed E-state index contributed by atoms with van der Waals surface area (Å²) in [4.78, 5) is 45.4. The second-order valence-electron chi connectivity index (χ2n) is 8.48. The predicted molar refractivity (Wildman–Crippen MR) is 133 cm³/mol. The molecule has 0 saturated carbocycles. The van der Waals surface area contributed by atoms with Gasteiger partial charge >= 0.3 is 17.3 Å². The molecule has 0 aliphatic rings. The maximum absolute atomic E-state index is 13.5. The fourth-order valence-corrected chi connectivity index (χ4v) is 3.68. The first-order valence-electron chi connectivity index (χ1n) is 11.2. The molecule has 186 valence electrons. The van der Waals surface area contributed by atoms with Crippen LogP contribution in [-0.2, 0) is 16.1 Å². The second kappa shape index (κ2) is 11.2. The number of hydrogen-bond acceptors (Lipinski definition) is 6. The van der Waals surface area contributed by atoms with Crippen LogP contribution >= 0.6 is 11.6 Å². The summed E-state index contributed by atoms with van der Waals surface area (Å²) in [7, 11) is 1.25. The number of aromatic nitrogens is 3. The number of ether oxygens (including phenoxy) is 2. The fraction of sp³-hybridized carbons (Fsp3) is 0.360. The van der Waals surface area contributed by atoms with Crippen LogP contribution in [0.4, 0.5) is 5.69 Å². The highest BCUT2D eigenvalue weighted by molar-refractivity contribution is 6.30. The normalized spacial score (nSPS) is 12.6. The summed E-state index contributed by atoms with van der Waals surface area (Å²) in [5, 5.41) is 0.563. The molecule has 9 nitrogen and oxygen atoms in total. The highest BCUT2D eigenvalue weighted by Crippen LogP contribution is 2.24. The standard InChI is InChI=1S/C25H29ClN4O5/c1-15(2)35-21-11-10-20(12-16(21)3)27-23-28-24(32)30(17(4)13-22(31)34-5)25(33)29(23)14-18-6-8-19(26)9-7-18/h6-12,15,17H,13-14H2,1-5H3,(H,27,28,32)/t17-/m0/s1. The van der Waals surface area contributed by atoms with E-state index < -0.39 is 23.4 Å². The number of esters is 1. The van der Waals surface area contributed by atoms with Crippen molar-refractivity contribution in [1.82, 2.24) is 14.1 Å². The van der Waals surface area contributed by atoms with Gasteiger partial charge in [0, 0.05) is 5.02 Å². The van der Waals surface area contributed by atoms with Crippen LogP contribution in [0.25, 0.3) is 0 Å². The second-order valence-corrected chi connectivity index (χ2v) is 8.91. The Hall–Kier alpha value is -3.59. The molecular formula is C25H29ClN4O5. The third-order valence-corrected chi connectivity index (χ3v) is 5.52. The summed E-state index contributed by atoms with van der Waals surface area (Å²) >= 11 is 6.00. The minimum Gasteiger partial charge on any atom is -0.491 e. The SMILES string of the molecule is COC(=O)C[C@H](C)n1c(=O)[nH]/c(=N\c2ccc(OC(C)C)c(C)c2)n(Cc2ccc(Cl)cc2)c1=O. The number of aromatic amines is 1. The van der Waals surface area contributed by atoms with Crippen LogP contribution in [0.1, 0.15) is 44.4 Å². The molecule has 0 unspecified atom stereocenters. The van der Waals surface area contributed by atoms with Crippen LogP contribution in [-0.4, -0.2) is 33.3 Å². The van der Waals surface area contributed by atoms with Gasteiger partial charge in [-0.3, -0.25) is 14.3 Å². The molecule has 10 heteroatoms. The molecule has 0 radical (unpaired) electrons. The molecule has 0 saturated heterocycles. The van der Waals surface area contributed by atoms with Crippen molar-refractivity contribution in [2.24, 2.45) is 4.99 Å². The lowest BCUT2D eigenvalue weighted by Gasteiger charge is -2.16. The van der Waals surface area contributed by atoms with Crippen molar-refractivity contribution in [1.29, 1.82) is 0 Å². The van der Waals surface area contributed by atoms with Crippen LogP contribution in [0.5, 0.6) is 5.75 Å². The van der Waals surface area contributed by atoms with Crippen LogP contribution < -0.4 is 21.7 Å². The Kier molecular flexibility index (Phi) is 8.34. The van der Waals surface area contributed by atoms with E-state index in [1.54, 1.807) is 43.3 Å². The van der Waals surface area contributed by atoms with Crippen molar-refractivity contribution in [2.75, 3.05) is 7.11 Å². The first-order valence-corrected chi connectivity index (χ1v) is 11.6. The van der Waals surface area contributed by atoms with Crippen molar-refractivity contribution < 1.29 is 14.3 Å². The van der Waals surface area contributed by atoms with Gasteiger partial charge in [0.05, 0.1) is 37.9 Å². The molecule has 0 aliphatic heterocycles. The molecule has 35 heavy (non-hydrogen) atoms. The lowest BCUT2D eigenvalue weighted by molar-refractivity contribution is -0.141. The molecule has 1 N–H and O–H groups in total. The average molecular weight is 501 g/mol. The van der Waals surface area contributed by atoms with Crippen molar-refractivity contribution >= 4 is 23.3 Å². The van der Waals surface area contributed by atoms with Gasteiger partial charge in [0.2, 0.25) is 5.62 Å². The lowest BCUT2D eigenvalue weighted by atomic mass is 10.2. The smallest absolute Gasteiger partial charge is 0.335 e. The van der Waals surface area contributed by atoms with Crippen LogP contribution in [0.3, 0.4) is 0 Å². The molecule has 1 heterocycles. The Morgan fingerprint density at radius 2 is 1.80 bits per heavy atom. The molecule has 0 fully saturated rings. The molecule has 0 aliphatic carbocycles. The molecule has 3 rings (SSSR count). The molecule has 2 aromatic carbocycles. The number of benzene rings is 2.